The van der Waals surface area contributed by atoms with Crippen LogP contribution in [0.15, 0.2) is 30.5 Å². The molecule has 0 spiro atoms. The summed E-state index contributed by atoms with van der Waals surface area (Å²) < 4.78 is 1.93. The topological polar surface area (TPSA) is 30.2 Å². The molecule has 5 heteroatoms. The van der Waals surface area contributed by atoms with Crippen LogP contribution < -0.4 is 0 Å². The van der Waals surface area contributed by atoms with Crippen molar-refractivity contribution in [3.05, 3.63) is 51.8 Å². The number of benzene rings is 1. The second kappa shape index (κ2) is 7.12. The molecule has 3 nitrogen and oxygen atoms in total. The van der Waals surface area contributed by atoms with Gasteiger partial charge in [-0.1, -0.05) is 50.4 Å². The van der Waals surface area contributed by atoms with Crippen molar-refractivity contribution in [3.8, 4) is 11.3 Å². The standard InChI is InChI=1S/C19H21Cl2N3/c1-4-6-12(3)18-16(5-2)23-24-17(9-10-22-19(18)24)14-8-7-13(20)11-15(14)21/h7-12H,4-6H2,1-3H3. The Hall–Kier alpha value is -1.58. The van der Waals surface area contributed by atoms with Crippen LogP contribution in [-0.4, -0.2) is 14.6 Å². The maximum atomic E-state index is 6.41. The van der Waals surface area contributed by atoms with E-state index >= 15 is 0 Å². The Bertz CT molecular complexity index is 870. The summed E-state index contributed by atoms with van der Waals surface area (Å²) in [7, 11) is 0. The van der Waals surface area contributed by atoms with E-state index in [0.29, 0.717) is 16.0 Å². The van der Waals surface area contributed by atoms with Gasteiger partial charge in [-0.15, -0.1) is 0 Å². The maximum Gasteiger partial charge on any atom is 0.159 e. The van der Waals surface area contributed by atoms with E-state index in [-0.39, 0.29) is 0 Å². The first-order chi connectivity index (χ1) is 11.6. The molecule has 1 aromatic carbocycles. The van der Waals surface area contributed by atoms with Crippen LogP contribution in [0.5, 0.6) is 0 Å². The Labute approximate surface area is 152 Å². The minimum absolute atomic E-state index is 0.436. The number of hydrogen-bond acceptors (Lipinski definition) is 2. The fourth-order valence-corrected chi connectivity index (χ4v) is 3.76. The van der Waals surface area contributed by atoms with E-state index in [2.05, 4.69) is 25.8 Å². The number of nitrogens with zero attached hydrogens (tertiary/aromatic N) is 3. The molecule has 1 unspecified atom stereocenters. The van der Waals surface area contributed by atoms with Gasteiger partial charge < -0.3 is 0 Å². The highest BCUT2D eigenvalue weighted by molar-refractivity contribution is 6.36. The molecule has 0 radical (unpaired) electrons. The molecule has 0 saturated heterocycles. The third-order valence-corrected chi connectivity index (χ3v) is 4.93. The van der Waals surface area contributed by atoms with Gasteiger partial charge in [0.25, 0.3) is 0 Å². The lowest BCUT2D eigenvalue weighted by Gasteiger charge is -2.11. The molecule has 3 rings (SSSR count). The number of aromatic nitrogens is 3. The first kappa shape index (κ1) is 17.2. The van der Waals surface area contributed by atoms with Crippen LogP contribution in [0.1, 0.15) is 50.8 Å². The molecule has 0 saturated carbocycles. The van der Waals surface area contributed by atoms with Gasteiger partial charge in [-0.3, -0.25) is 0 Å². The molecule has 0 N–H and O–H groups in total. The van der Waals surface area contributed by atoms with E-state index in [4.69, 9.17) is 28.3 Å². The van der Waals surface area contributed by atoms with Crippen LogP contribution in [0.2, 0.25) is 10.0 Å². The molecule has 0 aliphatic carbocycles. The molecule has 126 valence electrons. The maximum absolute atomic E-state index is 6.41. The van der Waals surface area contributed by atoms with Crippen LogP contribution in [-0.2, 0) is 6.42 Å². The predicted molar refractivity (Wildman–Crippen MR) is 101 cm³/mol. The average molecular weight is 362 g/mol. The lowest BCUT2D eigenvalue weighted by molar-refractivity contribution is 0.661. The van der Waals surface area contributed by atoms with Crippen LogP contribution in [0.25, 0.3) is 16.9 Å². The van der Waals surface area contributed by atoms with Crippen LogP contribution in [0.4, 0.5) is 0 Å². The normalized spacial score (nSPS) is 12.7. The van der Waals surface area contributed by atoms with Gasteiger partial charge in [-0.05, 0) is 43.0 Å². The fourth-order valence-electron chi connectivity index (χ4n) is 3.25. The first-order valence-corrected chi connectivity index (χ1v) is 9.14. The average Bonchev–Trinajstić information content (AvgIpc) is 2.94. The van der Waals surface area contributed by atoms with Gasteiger partial charge in [-0.2, -0.15) is 5.10 Å². The van der Waals surface area contributed by atoms with E-state index in [1.54, 1.807) is 6.07 Å². The highest BCUT2D eigenvalue weighted by Gasteiger charge is 2.20. The van der Waals surface area contributed by atoms with Crippen molar-refractivity contribution < 1.29 is 0 Å². The Morgan fingerprint density at radius 2 is 1.96 bits per heavy atom. The van der Waals surface area contributed by atoms with Gasteiger partial charge in [0.1, 0.15) is 0 Å². The van der Waals surface area contributed by atoms with Crippen molar-refractivity contribution in [2.75, 3.05) is 0 Å². The molecule has 2 aromatic heterocycles. The van der Waals surface area contributed by atoms with Gasteiger partial charge in [0.2, 0.25) is 0 Å². The van der Waals surface area contributed by atoms with Gasteiger partial charge in [0.15, 0.2) is 5.65 Å². The van der Waals surface area contributed by atoms with Crippen molar-refractivity contribution in [2.24, 2.45) is 0 Å². The summed E-state index contributed by atoms with van der Waals surface area (Å²) in [5, 5.41) is 6.08. The molecule has 0 fully saturated rings. The number of hydrogen-bond donors (Lipinski definition) is 0. The largest absolute Gasteiger partial charge is 0.237 e. The summed E-state index contributed by atoms with van der Waals surface area (Å²) in [6.07, 6.45) is 4.99. The van der Waals surface area contributed by atoms with Crippen molar-refractivity contribution in [2.45, 2.75) is 46.0 Å². The zero-order chi connectivity index (χ0) is 17.3. The lowest BCUT2D eigenvalue weighted by atomic mass is 9.95. The third kappa shape index (κ3) is 3.03. The van der Waals surface area contributed by atoms with Gasteiger partial charge in [-0.25, -0.2) is 9.50 Å². The third-order valence-electron chi connectivity index (χ3n) is 4.39. The Morgan fingerprint density at radius 3 is 2.62 bits per heavy atom. The van der Waals surface area contributed by atoms with E-state index in [1.165, 1.54) is 5.56 Å². The summed E-state index contributed by atoms with van der Waals surface area (Å²) in [4.78, 5) is 4.62. The van der Waals surface area contributed by atoms with Gasteiger partial charge in [0, 0.05) is 22.3 Å². The fraction of sp³-hybridized carbons (Fsp3) is 0.368. The van der Waals surface area contributed by atoms with E-state index in [0.717, 1.165) is 41.9 Å². The number of rotatable bonds is 5. The summed E-state index contributed by atoms with van der Waals surface area (Å²) in [5.74, 6) is 0.436. The summed E-state index contributed by atoms with van der Waals surface area (Å²) in [6, 6.07) is 7.49. The summed E-state index contributed by atoms with van der Waals surface area (Å²) >= 11 is 12.4. The molecule has 1 atom stereocenters. The van der Waals surface area contributed by atoms with Crippen LogP contribution >= 0.6 is 23.2 Å². The zero-order valence-corrected chi connectivity index (χ0v) is 15.7. The summed E-state index contributed by atoms with van der Waals surface area (Å²) in [5.41, 5.74) is 5.14. The molecule has 0 aliphatic rings. The molecule has 0 amide bonds. The molecule has 2 heterocycles. The monoisotopic (exact) mass is 361 g/mol. The van der Waals surface area contributed by atoms with Gasteiger partial charge >= 0.3 is 0 Å². The molecular formula is C19H21Cl2N3. The van der Waals surface area contributed by atoms with Crippen molar-refractivity contribution in [1.29, 1.82) is 0 Å². The molecule has 3 aromatic rings. The summed E-state index contributed by atoms with van der Waals surface area (Å²) in [6.45, 7) is 6.60. The van der Waals surface area contributed by atoms with E-state index in [9.17, 15) is 0 Å². The molecule has 0 bridgehead atoms. The number of fused-ring (bicyclic) bond motifs is 1. The predicted octanol–water partition coefficient (Wildman–Crippen LogP) is 6.17. The molecule has 24 heavy (non-hydrogen) atoms. The molecular weight excluding hydrogens is 341 g/mol. The number of aryl methyl sites for hydroxylation is 1. The first-order valence-electron chi connectivity index (χ1n) is 8.38. The molecule has 0 aliphatic heterocycles. The van der Waals surface area contributed by atoms with Crippen molar-refractivity contribution >= 4 is 28.8 Å². The smallest absolute Gasteiger partial charge is 0.159 e. The van der Waals surface area contributed by atoms with Gasteiger partial charge in [0.05, 0.1) is 16.4 Å². The van der Waals surface area contributed by atoms with Crippen LogP contribution in [0.3, 0.4) is 0 Å². The second-order valence-corrected chi connectivity index (χ2v) is 6.94. The second-order valence-electron chi connectivity index (χ2n) is 6.09. The zero-order valence-electron chi connectivity index (χ0n) is 14.2. The SMILES string of the molecule is CCCC(C)c1c(CC)nn2c(-c3ccc(Cl)cc3Cl)ccnc12. The Kier molecular flexibility index (Phi) is 5.12. The van der Waals surface area contributed by atoms with E-state index < -0.39 is 0 Å². The number of halogens is 2. The Balaban J connectivity index is 2.24. The quantitative estimate of drug-likeness (QED) is 0.543. The van der Waals surface area contributed by atoms with Crippen molar-refractivity contribution in [3.63, 3.8) is 0 Å². The lowest BCUT2D eigenvalue weighted by Crippen LogP contribution is -1.99. The van der Waals surface area contributed by atoms with Crippen LogP contribution in [0, 0.1) is 0 Å². The van der Waals surface area contributed by atoms with Crippen molar-refractivity contribution in [1.82, 2.24) is 14.6 Å². The minimum Gasteiger partial charge on any atom is -0.237 e. The van der Waals surface area contributed by atoms with E-state index in [1.807, 2.05) is 28.9 Å². The minimum atomic E-state index is 0.436. The Morgan fingerprint density at radius 1 is 1.17 bits per heavy atom. The highest BCUT2D eigenvalue weighted by atomic mass is 35.5. The highest BCUT2D eigenvalue weighted by Crippen LogP contribution is 2.33.